The van der Waals surface area contributed by atoms with Crippen LogP contribution in [0, 0.1) is 0 Å². The van der Waals surface area contributed by atoms with Crippen molar-refractivity contribution >= 4 is 37.3 Å². The number of hydrogen-bond acceptors (Lipinski definition) is 6. The van der Waals surface area contributed by atoms with Gasteiger partial charge in [0.1, 0.15) is 5.37 Å². The Morgan fingerprint density at radius 3 is 2.57 bits per heavy atom. The first kappa shape index (κ1) is 16.6. The van der Waals surface area contributed by atoms with E-state index in [2.05, 4.69) is 0 Å². The van der Waals surface area contributed by atoms with Crippen LogP contribution >= 0.6 is 11.8 Å². The van der Waals surface area contributed by atoms with Gasteiger partial charge in [-0.15, -0.1) is 0 Å². The van der Waals surface area contributed by atoms with Crippen molar-refractivity contribution in [2.75, 3.05) is 30.0 Å². The van der Waals surface area contributed by atoms with Gasteiger partial charge < -0.3 is 5.73 Å². The molecule has 1 fully saturated rings. The number of para-hydroxylation sites is 1. The van der Waals surface area contributed by atoms with E-state index in [-0.39, 0.29) is 18.1 Å². The second-order valence-corrected chi connectivity index (χ2v) is 10.2. The van der Waals surface area contributed by atoms with Crippen molar-refractivity contribution < 1.29 is 16.8 Å². The maximum Gasteiger partial charge on any atom is 0.219 e. The van der Waals surface area contributed by atoms with E-state index in [0.717, 1.165) is 10.6 Å². The fraction of sp³-hybridized carbons (Fsp3) is 0.500. The van der Waals surface area contributed by atoms with Crippen LogP contribution in [0.3, 0.4) is 0 Å². The standard InChI is InChI=1S/C12H18N2O4S3/c1-20(15,16)12-8-19-7-6-14(12)21(17,18)9-10-4-2-3-5-11(10)13/h2-5,12H,6-9,13H2,1H3. The summed E-state index contributed by atoms with van der Waals surface area (Å²) in [5, 5.41) is -0.994. The maximum absolute atomic E-state index is 12.6. The quantitative estimate of drug-likeness (QED) is 0.795. The lowest BCUT2D eigenvalue weighted by Gasteiger charge is -2.33. The third-order valence-corrected chi connectivity index (χ3v) is 7.89. The normalized spacial score (nSPS) is 21.3. The molecule has 0 saturated carbocycles. The van der Waals surface area contributed by atoms with Crippen molar-refractivity contribution in [2.24, 2.45) is 0 Å². The molecule has 1 aromatic carbocycles. The molecule has 118 valence electrons. The molecule has 0 aromatic heterocycles. The molecule has 0 amide bonds. The number of anilines is 1. The minimum Gasteiger partial charge on any atom is -0.398 e. The first-order valence-electron chi connectivity index (χ1n) is 6.31. The van der Waals surface area contributed by atoms with Gasteiger partial charge in [0, 0.05) is 30.0 Å². The molecule has 1 aliphatic heterocycles. The summed E-state index contributed by atoms with van der Waals surface area (Å²) in [4.78, 5) is 0. The number of nitrogen functional groups attached to an aromatic ring is 1. The summed E-state index contributed by atoms with van der Waals surface area (Å²) < 4.78 is 49.9. The number of sulfone groups is 1. The Morgan fingerprint density at radius 2 is 1.95 bits per heavy atom. The average molecular weight is 350 g/mol. The fourth-order valence-corrected chi connectivity index (χ4v) is 7.55. The van der Waals surface area contributed by atoms with Crippen LogP contribution in [-0.2, 0) is 25.6 Å². The highest BCUT2D eigenvalue weighted by Gasteiger charge is 2.38. The van der Waals surface area contributed by atoms with Gasteiger partial charge >= 0.3 is 0 Å². The molecule has 0 spiro atoms. The zero-order valence-electron chi connectivity index (χ0n) is 11.6. The van der Waals surface area contributed by atoms with Crippen LogP contribution in [0.15, 0.2) is 24.3 Å². The Bertz CT molecular complexity index is 716. The van der Waals surface area contributed by atoms with E-state index in [1.165, 1.54) is 11.8 Å². The van der Waals surface area contributed by atoms with Gasteiger partial charge in [-0.1, -0.05) is 18.2 Å². The van der Waals surface area contributed by atoms with Gasteiger partial charge in [0.2, 0.25) is 10.0 Å². The highest BCUT2D eigenvalue weighted by atomic mass is 32.2. The van der Waals surface area contributed by atoms with E-state index in [1.807, 2.05) is 0 Å². The zero-order chi connectivity index (χ0) is 15.7. The van der Waals surface area contributed by atoms with Crippen molar-refractivity contribution in [2.45, 2.75) is 11.1 Å². The number of hydrogen-bond donors (Lipinski definition) is 1. The third-order valence-electron chi connectivity index (χ3n) is 3.28. The van der Waals surface area contributed by atoms with Crippen LogP contribution < -0.4 is 5.73 Å². The first-order chi connectivity index (χ1) is 9.72. The highest BCUT2D eigenvalue weighted by Crippen LogP contribution is 2.26. The topological polar surface area (TPSA) is 97.5 Å². The van der Waals surface area contributed by atoms with Crippen LogP contribution in [0.1, 0.15) is 5.56 Å². The highest BCUT2D eigenvalue weighted by molar-refractivity contribution is 8.01. The molecular formula is C12H18N2O4S3. The Balaban J connectivity index is 2.31. The van der Waals surface area contributed by atoms with Gasteiger partial charge in [-0.05, 0) is 11.6 Å². The van der Waals surface area contributed by atoms with Gasteiger partial charge in [0.25, 0.3) is 0 Å². The molecule has 1 unspecified atom stereocenters. The number of nitrogens with zero attached hydrogens (tertiary/aromatic N) is 1. The predicted molar refractivity (Wildman–Crippen MR) is 86.1 cm³/mol. The summed E-state index contributed by atoms with van der Waals surface area (Å²) in [5.74, 6) is 0.578. The maximum atomic E-state index is 12.6. The molecule has 21 heavy (non-hydrogen) atoms. The van der Waals surface area contributed by atoms with E-state index in [0.29, 0.717) is 17.0 Å². The third kappa shape index (κ3) is 3.91. The van der Waals surface area contributed by atoms with Gasteiger partial charge in [-0.2, -0.15) is 16.1 Å². The van der Waals surface area contributed by atoms with Gasteiger partial charge in [0.15, 0.2) is 9.84 Å². The van der Waals surface area contributed by atoms with Crippen molar-refractivity contribution in [1.82, 2.24) is 4.31 Å². The van der Waals surface area contributed by atoms with Gasteiger partial charge in [-0.3, -0.25) is 0 Å². The minimum atomic E-state index is -3.73. The second-order valence-electron chi connectivity index (χ2n) is 4.92. The summed E-state index contributed by atoms with van der Waals surface area (Å²) in [6.07, 6.45) is 1.07. The molecule has 0 radical (unpaired) electrons. The molecule has 1 saturated heterocycles. The van der Waals surface area contributed by atoms with Crippen molar-refractivity contribution in [3.8, 4) is 0 Å². The average Bonchev–Trinajstić information content (AvgIpc) is 2.40. The Hall–Kier alpha value is -0.770. The number of benzene rings is 1. The lowest BCUT2D eigenvalue weighted by atomic mass is 10.2. The SMILES string of the molecule is CS(=O)(=O)C1CSCCN1S(=O)(=O)Cc1ccccc1N. The lowest BCUT2D eigenvalue weighted by molar-refractivity contribution is 0.404. The van der Waals surface area contributed by atoms with E-state index in [4.69, 9.17) is 5.73 Å². The van der Waals surface area contributed by atoms with E-state index in [9.17, 15) is 16.8 Å². The van der Waals surface area contributed by atoms with Crippen LogP contribution in [-0.4, -0.2) is 50.8 Å². The van der Waals surface area contributed by atoms with Crippen LogP contribution in [0.25, 0.3) is 0 Å². The summed E-state index contributed by atoms with van der Waals surface area (Å²) in [7, 11) is -7.20. The van der Waals surface area contributed by atoms with Crippen molar-refractivity contribution in [3.63, 3.8) is 0 Å². The minimum absolute atomic E-state index is 0.206. The number of sulfonamides is 1. The molecular weight excluding hydrogens is 332 g/mol. The van der Waals surface area contributed by atoms with Gasteiger partial charge in [-0.25, -0.2) is 16.8 Å². The summed E-state index contributed by atoms with van der Waals surface area (Å²) >= 11 is 1.45. The number of nitrogens with two attached hydrogens (primary N) is 1. The Morgan fingerprint density at radius 1 is 1.29 bits per heavy atom. The molecule has 6 nitrogen and oxygen atoms in total. The summed E-state index contributed by atoms with van der Waals surface area (Å²) in [6.45, 7) is 0.206. The van der Waals surface area contributed by atoms with Crippen LogP contribution in [0.2, 0.25) is 0 Å². The molecule has 1 atom stereocenters. The Kier molecular flexibility index (Phi) is 4.86. The van der Waals surface area contributed by atoms with Crippen LogP contribution in [0.5, 0.6) is 0 Å². The molecule has 9 heteroatoms. The molecule has 1 heterocycles. The van der Waals surface area contributed by atoms with E-state index in [1.54, 1.807) is 24.3 Å². The monoisotopic (exact) mass is 350 g/mol. The smallest absolute Gasteiger partial charge is 0.219 e. The Labute approximate surface area is 129 Å². The summed E-state index contributed by atoms with van der Waals surface area (Å²) in [5.41, 5.74) is 6.65. The molecule has 2 N–H and O–H groups in total. The largest absolute Gasteiger partial charge is 0.398 e. The zero-order valence-corrected chi connectivity index (χ0v) is 14.0. The number of rotatable bonds is 4. The van der Waals surface area contributed by atoms with E-state index < -0.39 is 25.2 Å². The van der Waals surface area contributed by atoms with Crippen molar-refractivity contribution in [1.29, 1.82) is 0 Å². The predicted octanol–water partition coefficient (Wildman–Crippen LogP) is 0.518. The molecule has 0 bridgehead atoms. The first-order valence-corrected chi connectivity index (χ1v) is 11.0. The lowest BCUT2D eigenvalue weighted by Crippen LogP contribution is -2.50. The molecule has 2 rings (SSSR count). The molecule has 1 aromatic rings. The fourth-order valence-electron chi connectivity index (χ4n) is 2.17. The van der Waals surface area contributed by atoms with Crippen molar-refractivity contribution in [3.05, 3.63) is 29.8 Å². The van der Waals surface area contributed by atoms with Crippen LogP contribution in [0.4, 0.5) is 5.69 Å². The summed E-state index contributed by atoms with van der Waals surface area (Å²) in [6, 6.07) is 6.70. The molecule has 1 aliphatic rings. The van der Waals surface area contributed by atoms with Gasteiger partial charge in [0.05, 0.1) is 5.75 Å². The second kappa shape index (κ2) is 6.15. The van der Waals surface area contributed by atoms with E-state index >= 15 is 0 Å². The number of thioether (sulfide) groups is 1. The molecule has 0 aliphatic carbocycles.